The number of phosphoric ester groups is 2. The molecule has 3 N–H and O–H groups in total. The summed E-state index contributed by atoms with van der Waals surface area (Å²) in [7, 11) is -9.92. The van der Waals surface area contributed by atoms with Gasteiger partial charge >= 0.3 is 39.5 Å². The molecule has 0 spiro atoms. The Hall–Kier alpha value is -2.46. The average Bonchev–Trinajstić information content (AvgIpc) is 1.57. The molecule has 95 heavy (non-hydrogen) atoms. The molecule has 0 saturated carbocycles. The van der Waals surface area contributed by atoms with E-state index >= 15 is 0 Å². The van der Waals surface area contributed by atoms with E-state index in [1.807, 2.05) is 0 Å². The maximum absolute atomic E-state index is 13.1. The Bertz CT molecular complexity index is 1930. The molecular formula is C76H144O17P2. The molecule has 0 heterocycles. The van der Waals surface area contributed by atoms with Crippen LogP contribution in [0, 0.1) is 11.8 Å². The lowest BCUT2D eigenvalue weighted by Gasteiger charge is -2.21. The minimum Gasteiger partial charge on any atom is -0.462 e. The van der Waals surface area contributed by atoms with E-state index < -0.39 is 97.5 Å². The van der Waals surface area contributed by atoms with Gasteiger partial charge in [-0.05, 0) is 63.2 Å². The summed E-state index contributed by atoms with van der Waals surface area (Å²) in [6.07, 6.45) is 57.9. The Morgan fingerprint density at radius 3 is 0.947 bits per heavy atom. The van der Waals surface area contributed by atoms with Gasteiger partial charge in [-0.25, -0.2) is 9.13 Å². The molecule has 0 aromatic rings. The third kappa shape index (κ3) is 68.5. The van der Waals surface area contributed by atoms with Gasteiger partial charge in [-0.15, -0.1) is 0 Å². The van der Waals surface area contributed by atoms with Gasteiger partial charge in [0.1, 0.15) is 19.3 Å². The van der Waals surface area contributed by atoms with Crippen molar-refractivity contribution in [3.63, 3.8) is 0 Å². The van der Waals surface area contributed by atoms with Crippen LogP contribution in [0.4, 0.5) is 0 Å². The lowest BCUT2D eigenvalue weighted by Crippen LogP contribution is -2.30. The minimum atomic E-state index is -4.96. The summed E-state index contributed by atoms with van der Waals surface area (Å²) in [5.74, 6) is -0.704. The quantitative estimate of drug-likeness (QED) is 0.0169. The number of aliphatic hydroxyl groups excluding tert-OH is 1. The molecule has 0 aliphatic rings. The van der Waals surface area contributed by atoms with Crippen LogP contribution >= 0.6 is 15.6 Å². The van der Waals surface area contributed by atoms with Crippen LogP contribution in [0.5, 0.6) is 0 Å². The average molecular weight is 1390 g/mol. The number of carbonyl (C=O) groups is 4. The van der Waals surface area contributed by atoms with Crippen molar-refractivity contribution in [1.29, 1.82) is 0 Å². The van der Waals surface area contributed by atoms with Crippen molar-refractivity contribution in [1.82, 2.24) is 0 Å². The highest BCUT2D eigenvalue weighted by atomic mass is 31.2. The number of unbranched alkanes of at least 4 members (excludes halogenated alkanes) is 39. The van der Waals surface area contributed by atoms with Crippen molar-refractivity contribution >= 4 is 39.5 Å². The van der Waals surface area contributed by atoms with Crippen LogP contribution in [-0.2, 0) is 65.4 Å². The molecule has 0 bridgehead atoms. The second-order valence-electron chi connectivity index (χ2n) is 27.4. The predicted octanol–water partition coefficient (Wildman–Crippen LogP) is 21.9. The van der Waals surface area contributed by atoms with Crippen molar-refractivity contribution in [2.45, 2.75) is 387 Å². The van der Waals surface area contributed by atoms with Gasteiger partial charge in [-0.2, -0.15) is 0 Å². The number of hydrogen-bond donors (Lipinski definition) is 3. The zero-order valence-corrected chi connectivity index (χ0v) is 63.2. The number of aliphatic hydroxyl groups is 1. The maximum atomic E-state index is 13.1. The van der Waals surface area contributed by atoms with Gasteiger partial charge in [0.2, 0.25) is 0 Å². The van der Waals surface area contributed by atoms with Crippen molar-refractivity contribution in [3.05, 3.63) is 24.3 Å². The fourth-order valence-corrected chi connectivity index (χ4v) is 12.7. The molecule has 0 aromatic heterocycles. The zero-order chi connectivity index (χ0) is 70.0. The minimum absolute atomic E-state index is 0.101. The summed E-state index contributed by atoms with van der Waals surface area (Å²) in [6, 6.07) is 0. The predicted molar refractivity (Wildman–Crippen MR) is 386 cm³/mol. The molecule has 19 heteroatoms. The molecule has 0 aromatic carbocycles. The van der Waals surface area contributed by atoms with E-state index in [-0.39, 0.29) is 25.7 Å². The highest BCUT2D eigenvalue weighted by Gasteiger charge is 2.30. The van der Waals surface area contributed by atoms with Crippen molar-refractivity contribution < 1.29 is 80.2 Å². The van der Waals surface area contributed by atoms with E-state index in [2.05, 4.69) is 65.8 Å². The van der Waals surface area contributed by atoms with Gasteiger partial charge in [-0.3, -0.25) is 37.3 Å². The van der Waals surface area contributed by atoms with Crippen LogP contribution < -0.4 is 0 Å². The Balaban J connectivity index is 5.26. The van der Waals surface area contributed by atoms with Crippen LogP contribution in [0.15, 0.2) is 24.3 Å². The van der Waals surface area contributed by atoms with E-state index in [1.54, 1.807) is 0 Å². The Morgan fingerprint density at radius 2 is 0.621 bits per heavy atom. The Kier molecular flexibility index (Phi) is 65.6. The molecule has 0 aliphatic heterocycles. The van der Waals surface area contributed by atoms with Crippen LogP contribution in [0.3, 0.4) is 0 Å². The highest BCUT2D eigenvalue weighted by Crippen LogP contribution is 2.45. The summed E-state index contributed by atoms with van der Waals surface area (Å²) in [5.41, 5.74) is 0. The van der Waals surface area contributed by atoms with Crippen molar-refractivity contribution in [2.75, 3.05) is 39.6 Å². The molecule has 0 saturated heterocycles. The van der Waals surface area contributed by atoms with Gasteiger partial charge in [0.25, 0.3) is 0 Å². The summed E-state index contributed by atoms with van der Waals surface area (Å²) in [5, 5.41) is 10.6. The standard InChI is InChI=1S/C76H144O17P2/c1-7-10-12-14-16-18-20-22-24-25-26-27-29-31-33-35-40-48-54-60-75(80)92-71(64-86-73(78)58-52-46-39-34-32-30-28-23-21-19-17-15-13-11-8-2)66-90-94(82,83)88-62-70(77)63-89-95(84,85)91-67-72(65-87-74(79)59-53-47-43-42-45-51-57-69(6)9-3)93-76(81)61-55-49-41-37-36-38-44-50-56-68(4)5/h19,21,23,28,68-72,77H,7-18,20,22,24-27,29-67H2,1-6H3,(H,82,83)(H,84,85)/b21-19-,28-23-/t69?,70-,71-,72-/m1/s1. The largest absolute Gasteiger partial charge is 0.472 e. The van der Waals surface area contributed by atoms with Crippen LogP contribution in [0.2, 0.25) is 0 Å². The Morgan fingerprint density at radius 1 is 0.347 bits per heavy atom. The van der Waals surface area contributed by atoms with E-state index in [9.17, 15) is 43.2 Å². The van der Waals surface area contributed by atoms with Gasteiger partial charge in [0, 0.05) is 25.7 Å². The number of carbonyl (C=O) groups excluding carboxylic acids is 4. The SMILES string of the molecule is CCCCCC/C=C\C=C/CCCCCCCC(=O)OC[C@H](COP(=O)(O)OC[C@@H](O)COP(=O)(O)OC[C@@H](COC(=O)CCCCCCCCC(C)CC)OC(=O)CCCCCCCCCCC(C)C)OC(=O)CCCCCCCCCCCCCCCCCCCCC. The fourth-order valence-electron chi connectivity index (χ4n) is 11.1. The lowest BCUT2D eigenvalue weighted by atomic mass is 10.00. The summed E-state index contributed by atoms with van der Waals surface area (Å²) in [4.78, 5) is 72.7. The van der Waals surface area contributed by atoms with Crippen LogP contribution in [-0.4, -0.2) is 96.7 Å². The Labute approximate surface area is 580 Å². The first-order valence-corrected chi connectivity index (χ1v) is 41.8. The number of esters is 4. The second kappa shape index (κ2) is 67.4. The molecular weight excluding hydrogens is 1250 g/mol. The zero-order valence-electron chi connectivity index (χ0n) is 61.5. The van der Waals surface area contributed by atoms with Crippen LogP contribution in [0.25, 0.3) is 0 Å². The molecule has 0 fully saturated rings. The molecule has 0 radical (unpaired) electrons. The van der Waals surface area contributed by atoms with E-state index in [4.69, 9.17) is 37.0 Å². The molecule has 6 atom stereocenters. The number of hydrogen-bond acceptors (Lipinski definition) is 15. The first-order chi connectivity index (χ1) is 45.9. The summed E-state index contributed by atoms with van der Waals surface area (Å²) >= 11 is 0. The first-order valence-electron chi connectivity index (χ1n) is 38.8. The monoisotopic (exact) mass is 1390 g/mol. The highest BCUT2D eigenvalue weighted by molar-refractivity contribution is 7.47. The normalized spacial score (nSPS) is 14.5. The van der Waals surface area contributed by atoms with Gasteiger partial charge < -0.3 is 33.8 Å². The first kappa shape index (κ1) is 92.5. The summed E-state index contributed by atoms with van der Waals surface area (Å²) < 4.78 is 68.4. The number of phosphoric acid groups is 2. The molecule has 17 nitrogen and oxygen atoms in total. The van der Waals surface area contributed by atoms with E-state index in [1.165, 1.54) is 161 Å². The summed E-state index contributed by atoms with van der Waals surface area (Å²) in [6.45, 7) is 9.44. The van der Waals surface area contributed by atoms with Gasteiger partial charge in [0.15, 0.2) is 12.2 Å². The van der Waals surface area contributed by atoms with Crippen LogP contribution in [0.1, 0.15) is 369 Å². The van der Waals surface area contributed by atoms with E-state index in [0.29, 0.717) is 31.6 Å². The molecule has 3 unspecified atom stereocenters. The topological polar surface area (TPSA) is 237 Å². The van der Waals surface area contributed by atoms with Gasteiger partial charge in [-0.1, -0.05) is 316 Å². The molecule has 0 amide bonds. The van der Waals surface area contributed by atoms with Gasteiger partial charge in [0.05, 0.1) is 26.4 Å². The van der Waals surface area contributed by atoms with E-state index in [0.717, 1.165) is 121 Å². The molecule has 0 rings (SSSR count). The number of ether oxygens (including phenoxy) is 4. The molecule has 560 valence electrons. The third-order valence-corrected chi connectivity index (χ3v) is 19.3. The second-order valence-corrected chi connectivity index (χ2v) is 30.3. The third-order valence-electron chi connectivity index (χ3n) is 17.4. The number of rotatable bonds is 73. The number of allylic oxidation sites excluding steroid dienone is 4. The lowest BCUT2D eigenvalue weighted by molar-refractivity contribution is -0.161. The van der Waals surface area contributed by atoms with Crippen molar-refractivity contribution in [2.24, 2.45) is 11.8 Å². The van der Waals surface area contributed by atoms with Crippen molar-refractivity contribution in [3.8, 4) is 0 Å². The fraction of sp³-hybridized carbons (Fsp3) is 0.895. The maximum Gasteiger partial charge on any atom is 0.472 e. The molecule has 0 aliphatic carbocycles. The smallest absolute Gasteiger partial charge is 0.462 e.